The zero-order valence-corrected chi connectivity index (χ0v) is 14.9. The van der Waals surface area contributed by atoms with Crippen molar-refractivity contribution < 1.29 is 19.0 Å². The molecule has 1 N–H and O–H groups in total. The maximum Gasteiger partial charge on any atom is 0.338 e. The first-order valence-electron chi connectivity index (χ1n) is 7.24. The number of methoxy groups -OCH3 is 1. The molecule has 0 saturated carbocycles. The minimum absolute atomic E-state index is 0.132. The van der Waals surface area contributed by atoms with Gasteiger partial charge in [-0.05, 0) is 51.4 Å². The SMILES string of the molecule is COC(=O)c1ccccc1C(CO)c1ccc(CCF)c(I)c1. The summed E-state index contributed by atoms with van der Waals surface area (Å²) in [5.74, 6) is -0.763. The van der Waals surface area contributed by atoms with E-state index in [9.17, 15) is 14.3 Å². The van der Waals surface area contributed by atoms with Crippen LogP contribution in [0.15, 0.2) is 42.5 Å². The van der Waals surface area contributed by atoms with E-state index in [4.69, 9.17) is 4.74 Å². The van der Waals surface area contributed by atoms with Crippen LogP contribution in [0.4, 0.5) is 4.39 Å². The molecule has 2 aromatic rings. The van der Waals surface area contributed by atoms with Crippen molar-refractivity contribution in [1.82, 2.24) is 0 Å². The van der Waals surface area contributed by atoms with E-state index in [1.54, 1.807) is 12.1 Å². The summed E-state index contributed by atoms with van der Waals surface area (Å²) in [6.45, 7) is -0.531. The van der Waals surface area contributed by atoms with Crippen LogP contribution >= 0.6 is 22.6 Å². The molecule has 3 nitrogen and oxygen atoms in total. The largest absolute Gasteiger partial charge is 0.465 e. The number of hydrogen-bond donors (Lipinski definition) is 1. The van der Waals surface area contributed by atoms with Crippen LogP contribution in [0.5, 0.6) is 0 Å². The average molecular weight is 428 g/mol. The lowest BCUT2D eigenvalue weighted by Crippen LogP contribution is -2.13. The van der Waals surface area contributed by atoms with Gasteiger partial charge in [-0.1, -0.05) is 30.3 Å². The molecule has 1 atom stereocenters. The molecule has 0 fully saturated rings. The molecular weight excluding hydrogens is 410 g/mol. The predicted octanol–water partition coefficient (Wildman–Crippen LogP) is 3.71. The van der Waals surface area contributed by atoms with Crippen LogP contribution in [0.3, 0.4) is 0 Å². The number of rotatable bonds is 6. The second-order valence-electron chi connectivity index (χ2n) is 5.10. The molecule has 0 bridgehead atoms. The Labute approximate surface area is 148 Å². The smallest absolute Gasteiger partial charge is 0.338 e. The first-order valence-corrected chi connectivity index (χ1v) is 8.32. The number of halogens is 2. The summed E-state index contributed by atoms with van der Waals surface area (Å²) in [5.41, 5.74) is 2.98. The zero-order chi connectivity index (χ0) is 16.8. The highest BCUT2D eigenvalue weighted by atomic mass is 127. The number of aliphatic hydroxyl groups is 1. The van der Waals surface area contributed by atoms with E-state index in [1.807, 2.05) is 30.3 Å². The van der Waals surface area contributed by atoms with Gasteiger partial charge < -0.3 is 9.84 Å². The molecule has 5 heteroatoms. The number of alkyl halides is 1. The van der Waals surface area contributed by atoms with Crippen molar-refractivity contribution in [3.05, 3.63) is 68.3 Å². The van der Waals surface area contributed by atoms with Crippen LogP contribution in [0.1, 0.15) is 33.0 Å². The van der Waals surface area contributed by atoms with Crippen molar-refractivity contribution in [2.24, 2.45) is 0 Å². The molecule has 0 aromatic heterocycles. The number of esters is 1. The fraction of sp³-hybridized carbons (Fsp3) is 0.278. The fourth-order valence-electron chi connectivity index (χ4n) is 2.56. The van der Waals surface area contributed by atoms with Crippen molar-refractivity contribution in [3.63, 3.8) is 0 Å². The van der Waals surface area contributed by atoms with Crippen LogP contribution in [0, 0.1) is 3.57 Å². The molecule has 0 aliphatic rings. The van der Waals surface area contributed by atoms with Crippen molar-refractivity contribution >= 4 is 28.6 Å². The van der Waals surface area contributed by atoms with Crippen molar-refractivity contribution in [1.29, 1.82) is 0 Å². The number of hydrogen-bond acceptors (Lipinski definition) is 3. The van der Waals surface area contributed by atoms with Crippen molar-refractivity contribution in [2.75, 3.05) is 20.4 Å². The predicted molar refractivity (Wildman–Crippen MR) is 95.5 cm³/mol. The molecule has 2 aromatic carbocycles. The van der Waals surface area contributed by atoms with E-state index in [-0.39, 0.29) is 12.5 Å². The van der Waals surface area contributed by atoms with E-state index in [0.29, 0.717) is 12.0 Å². The van der Waals surface area contributed by atoms with E-state index in [2.05, 4.69) is 22.6 Å². The minimum atomic E-state index is -0.428. The van der Waals surface area contributed by atoms with Gasteiger partial charge in [0.15, 0.2) is 0 Å². The molecular formula is C18H18FIO3. The number of carbonyl (C=O) groups excluding carboxylic acids is 1. The first kappa shape index (κ1) is 17.9. The average Bonchev–Trinajstić information content (AvgIpc) is 2.58. The lowest BCUT2D eigenvalue weighted by Gasteiger charge is -2.19. The van der Waals surface area contributed by atoms with Crippen molar-refractivity contribution in [2.45, 2.75) is 12.3 Å². The van der Waals surface area contributed by atoms with Crippen LogP contribution in [-0.2, 0) is 11.2 Å². The number of aryl methyl sites for hydroxylation is 1. The van der Waals surface area contributed by atoms with Gasteiger partial charge >= 0.3 is 5.97 Å². The Balaban J connectivity index is 2.45. The van der Waals surface area contributed by atoms with E-state index < -0.39 is 12.6 Å². The molecule has 0 aliphatic carbocycles. The van der Waals surface area contributed by atoms with Gasteiger partial charge in [0.2, 0.25) is 0 Å². The number of aliphatic hydroxyl groups excluding tert-OH is 1. The quantitative estimate of drug-likeness (QED) is 0.564. The molecule has 0 saturated heterocycles. The van der Waals surface area contributed by atoms with Gasteiger partial charge in [-0.2, -0.15) is 0 Å². The van der Waals surface area contributed by atoms with Gasteiger partial charge in [0, 0.05) is 15.9 Å². The van der Waals surface area contributed by atoms with Crippen LogP contribution in [0.2, 0.25) is 0 Å². The molecule has 122 valence electrons. The Morgan fingerprint density at radius 2 is 2.04 bits per heavy atom. The highest BCUT2D eigenvalue weighted by Gasteiger charge is 2.21. The van der Waals surface area contributed by atoms with Crippen LogP contribution < -0.4 is 0 Å². The molecule has 1 unspecified atom stereocenters. The second kappa shape index (κ2) is 8.40. The fourth-order valence-corrected chi connectivity index (χ4v) is 3.37. The second-order valence-corrected chi connectivity index (χ2v) is 6.27. The third kappa shape index (κ3) is 4.09. The molecule has 0 heterocycles. The van der Waals surface area contributed by atoms with Crippen molar-refractivity contribution in [3.8, 4) is 0 Å². The number of benzene rings is 2. The standard InChI is InChI=1S/C18H18FIO3/c1-23-18(22)15-5-3-2-4-14(15)16(11-21)13-7-6-12(8-9-19)17(20)10-13/h2-7,10,16,21H,8-9,11H2,1H3. The van der Waals surface area contributed by atoms with Gasteiger partial charge in [-0.15, -0.1) is 0 Å². The molecule has 2 rings (SSSR count). The van der Waals surface area contributed by atoms with E-state index in [1.165, 1.54) is 7.11 Å². The zero-order valence-electron chi connectivity index (χ0n) is 12.8. The summed E-state index contributed by atoms with van der Waals surface area (Å²) in [4.78, 5) is 11.9. The summed E-state index contributed by atoms with van der Waals surface area (Å²) in [6, 6.07) is 12.8. The molecule has 23 heavy (non-hydrogen) atoms. The molecule has 0 aliphatic heterocycles. The minimum Gasteiger partial charge on any atom is -0.465 e. The lowest BCUT2D eigenvalue weighted by molar-refractivity contribution is 0.0599. The maximum atomic E-state index is 12.5. The normalized spacial score (nSPS) is 12.0. The molecule has 0 amide bonds. The molecule has 0 spiro atoms. The summed E-state index contributed by atoms with van der Waals surface area (Å²) < 4.78 is 18.3. The third-order valence-corrected chi connectivity index (χ3v) is 4.77. The first-order chi connectivity index (χ1) is 11.1. The van der Waals surface area contributed by atoms with Gasteiger partial charge in [-0.3, -0.25) is 4.39 Å². The summed E-state index contributed by atoms with van der Waals surface area (Å²) in [7, 11) is 1.34. The summed E-state index contributed by atoms with van der Waals surface area (Å²) in [5, 5.41) is 9.86. The van der Waals surface area contributed by atoms with Gasteiger partial charge in [-0.25, -0.2) is 4.79 Å². The van der Waals surface area contributed by atoms with Crippen LogP contribution in [0.25, 0.3) is 0 Å². The Kier molecular flexibility index (Phi) is 6.53. The van der Waals surface area contributed by atoms with E-state index >= 15 is 0 Å². The number of ether oxygens (including phenoxy) is 1. The Morgan fingerprint density at radius 1 is 1.30 bits per heavy atom. The molecule has 0 radical (unpaired) electrons. The monoisotopic (exact) mass is 428 g/mol. The lowest BCUT2D eigenvalue weighted by atomic mass is 9.88. The Hall–Kier alpha value is -1.47. The summed E-state index contributed by atoms with van der Waals surface area (Å²) >= 11 is 2.17. The van der Waals surface area contributed by atoms with Gasteiger partial charge in [0.05, 0.1) is 26.0 Å². The van der Waals surface area contributed by atoms with E-state index in [0.717, 1.165) is 20.3 Å². The third-order valence-electron chi connectivity index (χ3n) is 3.77. The maximum absolute atomic E-state index is 12.5. The number of carbonyl (C=O) groups is 1. The van der Waals surface area contributed by atoms with Gasteiger partial charge in [0.1, 0.15) is 0 Å². The Bertz CT molecular complexity index is 688. The topological polar surface area (TPSA) is 46.5 Å². The highest BCUT2D eigenvalue weighted by molar-refractivity contribution is 14.1. The highest BCUT2D eigenvalue weighted by Crippen LogP contribution is 2.29. The summed E-state index contributed by atoms with van der Waals surface area (Å²) in [6.07, 6.45) is 0.376. The Morgan fingerprint density at radius 3 is 2.65 bits per heavy atom. The van der Waals surface area contributed by atoms with Gasteiger partial charge in [0.25, 0.3) is 0 Å². The van der Waals surface area contributed by atoms with Crippen LogP contribution in [-0.4, -0.2) is 31.5 Å².